The minimum absolute atomic E-state index is 0.483. The number of hydrogen-bond acceptors (Lipinski definition) is 4. The van der Waals surface area contributed by atoms with Crippen molar-refractivity contribution in [3.8, 4) is 0 Å². The summed E-state index contributed by atoms with van der Waals surface area (Å²) in [4.78, 5) is 11.5. The number of thiazole rings is 1. The molecule has 2 heterocycles. The SMILES string of the molecule is CCCCCC(C)NC(=NC)NCC1CCN(Cc2csc(C)n2)CC1. The highest BCUT2D eigenvalue weighted by molar-refractivity contribution is 7.09. The molecule has 26 heavy (non-hydrogen) atoms. The van der Waals surface area contributed by atoms with Crippen LogP contribution in [0.15, 0.2) is 10.4 Å². The van der Waals surface area contributed by atoms with E-state index >= 15 is 0 Å². The second-order valence-corrected chi connectivity index (χ2v) is 8.63. The van der Waals surface area contributed by atoms with Crippen molar-refractivity contribution in [2.45, 2.75) is 71.9 Å². The van der Waals surface area contributed by atoms with Crippen LogP contribution in [0.4, 0.5) is 0 Å². The van der Waals surface area contributed by atoms with Crippen molar-refractivity contribution < 1.29 is 0 Å². The zero-order valence-corrected chi connectivity index (χ0v) is 17.9. The average Bonchev–Trinajstić information content (AvgIpc) is 3.05. The van der Waals surface area contributed by atoms with Crippen LogP contribution in [0.25, 0.3) is 0 Å². The zero-order chi connectivity index (χ0) is 18.8. The van der Waals surface area contributed by atoms with Gasteiger partial charge in [0.05, 0.1) is 10.7 Å². The fourth-order valence-corrected chi connectivity index (χ4v) is 4.10. The Bertz CT molecular complexity index is 534. The summed E-state index contributed by atoms with van der Waals surface area (Å²) in [6.07, 6.45) is 7.59. The Morgan fingerprint density at radius 1 is 1.38 bits per heavy atom. The van der Waals surface area contributed by atoms with Crippen LogP contribution in [0, 0.1) is 12.8 Å². The number of aliphatic imine (C=N–C) groups is 1. The predicted molar refractivity (Wildman–Crippen MR) is 113 cm³/mol. The molecular formula is C20H37N5S. The number of nitrogens with zero attached hydrogens (tertiary/aromatic N) is 3. The van der Waals surface area contributed by atoms with Crippen molar-refractivity contribution >= 4 is 17.3 Å². The third-order valence-electron chi connectivity index (χ3n) is 5.16. The topological polar surface area (TPSA) is 52.6 Å². The number of unbranched alkanes of at least 4 members (excludes halogenated alkanes) is 2. The van der Waals surface area contributed by atoms with E-state index in [4.69, 9.17) is 0 Å². The average molecular weight is 380 g/mol. The molecule has 1 aliphatic heterocycles. The zero-order valence-electron chi connectivity index (χ0n) is 17.1. The lowest BCUT2D eigenvalue weighted by atomic mass is 9.97. The number of piperidine rings is 1. The van der Waals surface area contributed by atoms with E-state index < -0.39 is 0 Å². The number of hydrogen-bond donors (Lipinski definition) is 2. The van der Waals surface area contributed by atoms with Crippen molar-refractivity contribution in [3.05, 3.63) is 16.1 Å². The first-order valence-corrected chi connectivity index (χ1v) is 11.1. The van der Waals surface area contributed by atoms with Gasteiger partial charge >= 0.3 is 0 Å². The molecule has 0 bridgehead atoms. The number of likely N-dealkylation sites (tertiary alicyclic amines) is 1. The van der Waals surface area contributed by atoms with Crippen LogP contribution in [0.2, 0.25) is 0 Å². The Labute approximate surface area is 163 Å². The van der Waals surface area contributed by atoms with Crippen LogP contribution >= 0.6 is 11.3 Å². The predicted octanol–water partition coefficient (Wildman–Crippen LogP) is 3.80. The molecule has 5 nitrogen and oxygen atoms in total. The molecule has 1 atom stereocenters. The highest BCUT2D eigenvalue weighted by Gasteiger charge is 2.20. The van der Waals surface area contributed by atoms with Gasteiger partial charge in [0.2, 0.25) is 0 Å². The maximum Gasteiger partial charge on any atom is 0.191 e. The standard InChI is InChI=1S/C20H37N5S/c1-5-6-7-8-16(2)23-20(21-4)22-13-18-9-11-25(12-10-18)14-19-15-26-17(3)24-19/h15-16,18H,5-14H2,1-4H3,(H2,21,22,23). The van der Waals surface area contributed by atoms with Gasteiger partial charge in [-0.1, -0.05) is 26.2 Å². The molecule has 0 spiro atoms. The number of rotatable bonds is 9. The molecule has 0 saturated carbocycles. The van der Waals surface area contributed by atoms with Gasteiger partial charge in [-0.05, 0) is 52.1 Å². The summed E-state index contributed by atoms with van der Waals surface area (Å²) in [6.45, 7) is 10.9. The number of aromatic nitrogens is 1. The Kier molecular flexibility index (Phi) is 9.40. The van der Waals surface area contributed by atoms with Gasteiger partial charge in [-0.15, -0.1) is 11.3 Å². The van der Waals surface area contributed by atoms with Crippen LogP contribution in [0.5, 0.6) is 0 Å². The van der Waals surface area contributed by atoms with Crippen LogP contribution < -0.4 is 10.6 Å². The third-order valence-corrected chi connectivity index (χ3v) is 5.99. The maximum absolute atomic E-state index is 4.59. The van der Waals surface area contributed by atoms with Gasteiger partial charge in [-0.2, -0.15) is 0 Å². The quantitative estimate of drug-likeness (QED) is 0.389. The normalized spacial score (nSPS) is 18.1. The molecule has 1 aliphatic rings. The van der Waals surface area contributed by atoms with Gasteiger partial charge < -0.3 is 10.6 Å². The van der Waals surface area contributed by atoms with Crippen LogP contribution in [-0.4, -0.2) is 48.6 Å². The highest BCUT2D eigenvalue weighted by atomic mass is 32.1. The van der Waals surface area contributed by atoms with Crippen LogP contribution in [0.3, 0.4) is 0 Å². The molecule has 0 aromatic carbocycles. The molecule has 1 aromatic rings. The monoisotopic (exact) mass is 379 g/mol. The Morgan fingerprint density at radius 2 is 2.15 bits per heavy atom. The lowest BCUT2D eigenvalue weighted by Crippen LogP contribution is -2.45. The van der Waals surface area contributed by atoms with Gasteiger partial charge in [0.25, 0.3) is 0 Å². The first kappa shape index (κ1) is 21.2. The fourth-order valence-electron chi connectivity index (χ4n) is 3.50. The number of aryl methyl sites for hydroxylation is 1. The van der Waals surface area contributed by atoms with Crippen LogP contribution in [0.1, 0.15) is 63.1 Å². The van der Waals surface area contributed by atoms with Gasteiger partial charge in [0.1, 0.15) is 0 Å². The minimum atomic E-state index is 0.483. The molecule has 0 aliphatic carbocycles. The molecule has 148 valence electrons. The van der Waals surface area contributed by atoms with Crippen molar-refractivity contribution in [1.82, 2.24) is 20.5 Å². The van der Waals surface area contributed by atoms with Crippen molar-refractivity contribution in [2.75, 3.05) is 26.7 Å². The molecule has 0 radical (unpaired) electrons. The fraction of sp³-hybridized carbons (Fsp3) is 0.800. The van der Waals surface area contributed by atoms with E-state index in [0.717, 1.165) is 25.0 Å². The second-order valence-electron chi connectivity index (χ2n) is 7.57. The molecular weight excluding hydrogens is 342 g/mol. The van der Waals surface area contributed by atoms with Gasteiger partial charge in [-0.3, -0.25) is 9.89 Å². The Balaban J connectivity index is 1.63. The largest absolute Gasteiger partial charge is 0.356 e. The summed E-state index contributed by atoms with van der Waals surface area (Å²) in [5.74, 6) is 1.69. The van der Waals surface area contributed by atoms with Crippen molar-refractivity contribution in [2.24, 2.45) is 10.9 Å². The van der Waals surface area contributed by atoms with E-state index in [-0.39, 0.29) is 0 Å². The first-order valence-electron chi connectivity index (χ1n) is 10.2. The van der Waals surface area contributed by atoms with Crippen molar-refractivity contribution in [3.63, 3.8) is 0 Å². The summed E-state index contributed by atoms with van der Waals surface area (Å²) in [7, 11) is 1.87. The van der Waals surface area contributed by atoms with E-state index in [1.807, 2.05) is 7.05 Å². The molecule has 2 rings (SSSR count). The van der Waals surface area contributed by atoms with Gasteiger partial charge in [0, 0.05) is 31.6 Å². The van der Waals surface area contributed by atoms with E-state index in [9.17, 15) is 0 Å². The number of nitrogens with one attached hydrogen (secondary N) is 2. The molecule has 0 amide bonds. The van der Waals surface area contributed by atoms with E-state index in [2.05, 4.69) is 51.7 Å². The van der Waals surface area contributed by atoms with E-state index in [0.29, 0.717) is 6.04 Å². The Morgan fingerprint density at radius 3 is 2.77 bits per heavy atom. The molecule has 1 unspecified atom stereocenters. The summed E-state index contributed by atoms with van der Waals surface area (Å²) >= 11 is 1.75. The molecule has 1 fully saturated rings. The Hall–Kier alpha value is -1.14. The number of guanidine groups is 1. The third kappa shape index (κ3) is 7.62. The summed E-state index contributed by atoms with van der Waals surface area (Å²) in [5.41, 5.74) is 1.23. The summed E-state index contributed by atoms with van der Waals surface area (Å²) in [6, 6.07) is 0.483. The van der Waals surface area contributed by atoms with Gasteiger partial charge in [0.15, 0.2) is 5.96 Å². The molecule has 1 aromatic heterocycles. The smallest absolute Gasteiger partial charge is 0.191 e. The lowest BCUT2D eigenvalue weighted by molar-refractivity contribution is 0.176. The molecule has 1 saturated heterocycles. The van der Waals surface area contributed by atoms with E-state index in [1.165, 1.54) is 62.3 Å². The maximum atomic E-state index is 4.59. The highest BCUT2D eigenvalue weighted by Crippen LogP contribution is 2.19. The lowest BCUT2D eigenvalue weighted by Gasteiger charge is -2.32. The second kappa shape index (κ2) is 11.5. The minimum Gasteiger partial charge on any atom is -0.356 e. The summed E-state index contributed by atoms with van der Waals surface area (Å²) < 4.78 is 0. The molecule has 6 heteroatoms. The first-order chi connectivity index (χ1) is 12.6. The molecule has 2 N–H and O–H groups in total. The van der Waals surface area contributed by atoms with E-state index in [1.54, 1.807) is 11.3 Å². The van der Waals surface area contributed by atoms with Gasteiger partial charge in [-0.25, -0.2) is 4.98 Å². The van der Waals surface area contributed by atoms with Crippen LogP contribution in [-0.2, 0) is 6.54 Å². The van der Waals surface area contributed by atoms with Crippen molar-refractivity contribution in [1.29, 1.82) is 0 Å². The summed E-state index contributed by atoms with van der Waals surface area (Å²) in [5, 5.41) is 10.4.